The molecule has 2 aliphatic heterocycles. The molecule has 0 aliphatic carbocycles. The van der Waals surface area contributed by atoms with Gasteiger partial charge in [0.15, 0.2) is 0 Å². The van der Waals surface area contributed by atoms with Gasteiger partial charge in [-0.3, -0.25) is 9.69 Å². The van der Waals surface area contributed by atoms with Crippen LogP contribution in [0.1, 0.15) is 15.9 Å². The van der Waals surface area contributed by atoms with Crippen molar-refractivity contribution < 1.29 is 34.7 Å². The van der Waals surface area contributed by atoms with E-state index in [4.69, 9.17) is 9.47 Å². The third-order valence-corrected chi connectivity index (χ3v) is 7.03. The number of carbonyl (C=O) groups is 1. The summed E-state index contributed by atoms with van der Waals surface area (Å²) in [6.07, 6.45) is -6.73. The first-order valence-corrected chi connectivity index (χ1v) is 12.6. The summed E-state index contributed by atoms with van der Waals surface area (Å²) in [5.41, 5.74) is 3.08. The van der Waals surface area contributed by atoms with Crippen molar-refractivity contribution in [1.29, 1.82) is 0 Å². The minimum Gasteiger partial charge on any atom is -0.462 e. The second kappa shape index (κ2) is 12.3. The standard InChI is InChI=1S/C27H37N3O7/c1-17-14-19(6-7-21(17)36-27-25(34)24(33)23(32)22(16-31)37-27)18-4-3-5-20(15-18)26(35)28-8-9-30-12-10-29(2)11-13-30/h3-7,14-15,22-25,27,31-34H,8-13,16H2,1-2H3,(H,28,35)/t22-,23-,24+,25+,27+/m1/s1. The number of aryl methyl sites for hydroxylation is 1. The van der Waals surface area contributed by atoms with Gasteiger partial charge in [0.2, 0.25) is 6.29 Å². The van der Waals surface area contributed by atoms with Crippen molar-refractivity contribution in [2.24, 2.45) is 0 Å². The van der Waals surface area contributed by atoms with Crippen LogP contribution in [-0.2, 0) is 4.74 Å². The van der Waals surface area contributed by atoms with Gasteiger partial charge >= 0.3 is 0 Å². The maximum atomic E-state index is 12.7. The van der Waals surface area contributed by atoms with E-state index in [1.807, 2.05) is 37.3 Å². The number of piperazine rings is 1. The number of amides is 1. The zero-order valence-electron chi connectivity index (χ0n) is 21.3. The number of benzene rings is 2. The van der Waals surface area contributed by atoms with Crippen molar-refractivity contribution in [3.8, 4) is 16.9 Å². The third kappa shape index (κ3) is 6.66. The van der Waals surface area contributed by atoms with Gasteiger partial charge in [-0.05, 0) is 54.9 Å². The van der Waals surface area contributed by atoms with Crippen LogP contribution in [0.4, 0.5) is 0 Å². The molecule has 37 heavy (non-hydrogen) atoms. The molecule has 2 aliphatic rings. The summed E-state index contributed by atoms with van der Waals surface area (Å²) in [5.74, 6) is 0.307. The predicted molar refractivity (Wildman–Crippen MR) is 137 cm³/mol. The van der Waals surface area contributed by atoms with Crippen molar-refractivity contribution in [3.63, 3.8) is 0 Å². The molecule has 10 heteroatoms. The Bertz CT molecular complexity index is 1060. The van der Waals surface area contributed by atoms with E-state index >= 15 is 0 Å². The molecule has 0 saturated carbocycles. The van der Waals surface area contributed by atoms with E-state index in [-0.39, 0.29) is 5.91 Å². The van der Waals surface area contributed by atoms with Crippen molar-refractivity contribution in [2.75, 3.05) is 52.9 Å². The van der Waals surface area contributed by atoms with Crippen LogP contribution in [0.2, 0.25) is 0 Å². The Hall–Kier alpha value is -2.57. The van der Waals surface area contributed by atoms with Crippen molar-refractivity contribution in [3.05, 3.63) is 53.6 Å². The predicted octanol–water partition coefficient (Wildman–Crippen LogP) is -0.182. The minimum absolute atomic E-state index is 0.115. The molecule has 0 unspecified atom stereocenters. The molecule has 2 aromatic carbocycles. The lowest BCUT2D eigenvalue weighted by Gasteiger charge is -2.39. The summed E-state index contributed by atoms with van der Waals surface area (Å²) in [5, 5.41) is 42.6. The van der Waals surface area contributed by atoms with Crippen molar-refractivity contribution in [1.82, 2.24) is 15.1 Å². The topological polar surface area (TPSA) is 135 Å². The van der Waals surface area contributed by atoms with Crippen LogP contribution in [0.15, 0.2) is 42.5 Å². The maximum Gasteiger partial charge on any atom is 0.251 e. The lowest BCUT2D eigenvalue weighted by atomic mass is 9.99. The number of aliphatic hydroxyl groups excluding tert-OH is 4. The third-order valence-electron chi connectivity index (χ3n) is 7.03. The first-order chi connectivity index (χ1) is 17.8. The van der Waals surface area contributed by atoms with Crippen LogP contribution in [0, 0.1) is 6.92 Å². The molecule has 0 bridgehead atoms. The van der Waals surface area contributed by atoms with E-state index in [1.54, 1.807) is 12.1 Å². The molecule has 5 N–H and O–H groups in total. The molecule has 1 amide bonds. The highest BCUT2D eigenvalue weighted by Crippen LogP contribution is 2.30. The Morgan fingerprint density at radius 3 is 2.46 bits per heavy atom. The molecule has 2 saturated heterocycles. The Kier molecular flexibility index (Phi) is 9.14. The molecule has 2 aromatic rings. The number of ether oxygens (including phenoxy) is 2. The number of hydrogen-bond acceptors (Lipinski definition) is 9. The first kappa shape index (κ1) is 27.5. The highest BCUT2D eigenvalue weighted by Gasteiger charge is 2.44. The van der Waals surface area contributed by atoms with E-state index in [2.05, 4.69) is 22.2 Å². The quantitative estimate of drug-likeness (QED) is 0.324. The fourth-order valence-corrected chi connectivity index (χ4v) is 4.59. The van der Waals surface area contributed by atoms with E-state index in [0.29, 0.717) is 17.9 Å². The SMILES string of the molecule is Cc1cc(-c2cccc(C(=O)NCCN3CCN(C)CC3)c2)ccc1O[C@H]1O[C@H](CO)[C@@H](O)[C@H](O)[C@@H]1O. The maximum absolute atomic E-state index is 12.7. The normalized spacial score (nSPS) is 27.1. The summed E-state index contributed by atoms with van der Waals surface area (Å²) in [7, 11) is 2.12. The number of hydrogen-bond donors (Lipinski definition) is 5. The molecule has 5 atom stereocenters. The zero-order valence-corrected chi connectivity index (χ0v) is 21.3. The van der Waals surface area contributed by atoms with E-state index < -0.39 is 37.3 Å². The van der Waals surface area contributed by atoms with E-state index in [0.717, 1.165) is 49.4 Å². The second-order valence-electron chi connectivity index (χ2n) is 9.78. The monoisotopic (exact) mass is 515 g/mol. The summed E-state index contributed by atoms with van der Waals surface area (Å²) in [6.45, 7) is 6.84. The van der Waals surface area contributed by atoms with Gasteiger partial charge in [0, 0.05) is 44.8 Å². The highest BCUT2D eigenvalue weighted by atomic mass is 16.7. The second-order valence-corrected chi connectivity index (χ2v) is 9.78. The van der Waals surface area contributed by atoms with Gasteiger partial charge in [-0.15, -0.1) is 0 Å². The Labute approximate surface area is 217 Å². The van der Waals surface area contributed by atoms with Crippen molar-refractivity contribution >= 4 is 5.91 Å². The molecule has 4 rings (SSSR count). The van der Waals surface area contributed by atoms with E-state index in [1.165, 1.54) is 0 Å². The molecule has 2 heterocycles. The molecule has 0 aromatic heterocycles. The number of nitrogens with one attached hydrogen (secondary N) is 1. The number of likely N-dealkylation sites (N-methyl/N-ethyl adjacent to an activating group) is 1. The lowest BCUT2D eigenvalue weighted by molar-refractivity contribution is -0.277. The van der Waals surface area contributed by atoms with Crippen LogP contribution >= 0.6 is 0 Å². The average Bonchev–Trinajstić information content (AvgIpc) is 2.91. The zero-order chi connectivity index (χ0) is 26.5. The molecule has 0 spiro atoms. The van der Waals surface area contributed by atoms with Gasteiger partial charge in [-0.25, -0.2) is 0 Å². The average molecular weight is 516 g/mol. The molecule has 0 radical (unpaired) electrons. The van der Waals surface area contributed by atoms with Crippen LogP contribution < -0.4 is 10.1 Å². The largest absolute Gasteiger partial charge is 0.462 e. The van der Waals surface area contributed by atoms with Gasteiger partial charge in [0.1, 0.15) is 30.2 Å². The smallest absolute Gasteiger partial charge is 0.251 e. The summed E-state index contributed by atoms with van der Waals surface area (Å²) >= 11 is 0. The van der Waals surface area contributed by atoms with Crippen LogP contribution in [0.3, 0.4) is 0 Å². The number of carbonyl (C=O) groups excluding carboxylic acids is 1. The highest BCUT2D eigenvalue weighted by molar-refractivity contribution is 5.95. The van der Waals surface area contributed by atoms with Crippen LogP contribution in [0.25, 0.3) is 11.1 Å². The summed E-state index contributed by atoms with van der Waals surface area (Å²) in [4.78, 5) is 17.4. The number of nitrogens with zero attached hydrogens (tertiary/aromatic N) is 2. The molecule has 10 nitrogen and oxygen atoms in total. The van der Waals surface area contributed by atoms with E-state index in [9.17, 15) is 25.2 Å². The van der Waals surface area contributed by atoms with Gasteiger partial charge < -0.3 is 40.1 Å². The molecule has 2 fully saturated rings. The molecular formula is C27H37N3O7. The Morgan fingerprint density at radius 2 is 1.76 bits per heavy atom. The van der Waals surface area contributed by atoms with Gasteiger partial charge in [0.25, 0.3) is 5.91 Å². The number of rotatable bonds is 8. The fourth-order valence-electron chi connectivity index (χ4n) is 4.59. The van der Waals surface area contributed by atoms with Gasteiger partial charge in [-0.2, -0.15) is 0 Å². The lowest BCUT2D eigenvalue weighted by Crippen LogP contribution is -2.60. The minimum atomic E-state index is -1.51. The fraction of sp³-hybridized carbons (Fsp3) is 0.519. The Balaban J connectivity index is 1.38. The summed E-state index contributed by atoms with van der Waals surface area (Å²) in [6, 6.07) is 12.8. The van der Waals surface area contributed by atoms with Crippen molar-refractivity contribution in [2.45, 2.75) is 37.6 Å². The van der Waals surface area contributed by atoms with Gasteiger partial charge in [-0.1, -0.05) is 18.2 Å². The van der Waals surface area contributed by atoms with Gasteiger partial charge in [0.05, 0.1) is 6.61 Å². The summed E-state index contributed by atoms with van der Waals surface area (Å²) < 4.78 is 11.2. The Morgan fingerprint density at radius 1 is 1.03 bits per heavy atom. The molecule has 202 valence electrons. The van der Waals surface area contributed by atoms with Crippen LogP contribution in [0.5, 0.6) is 5.75 Å². The molecular weight excluding hydrogens is 478 g/mol. The van der Waals surface area contributed by atoms with Crippen LogP contribution in [-0.4, -0.2) is 120 Å². The number of aliphatic hydroxyl groups is 4. The first-order valence-electron chi connectivity index (χ1n) is 12.6.